The number of fused-ring (bicyclic) bond motifs is 2. The van der Waals surface area contributed by atoms with E-state index >= 15 is 0 Å². The molecular weight excluding hydrogens is 494 g/mol. The van der Waals surface area contributed by atoms with E-state index in [1.54, 1.807) is 40.1 Å². The van der Waals surface area contributed by atoms with E-state index in [0.717, 1.165) is 11.3 Å². The Morgan fingerprint density at radius 2 is 1.76 bits per heavy atom. The number of carbonyl (C=O) groups excluding carboxylic acids is 2. The summed E-state index contributed by atoms with van der Waals surface area (Å²) in [6.07, 6.45) is -0.583. The van der Waals surface area contributed by atoms with Gasteiger partial charge in [-0.15, -0.1) is 0 Å². The maximum absolute atomic E-state index is 13.9. The van der Waals surface area contributed by atoms with Crippen molar-refractivity contribution in [2.75, 3.05) is 27.9 Å². The summed E-state index contributed by atoms with van der Waals surface area (Å²) in [7, 11) is 0. The first-order chi connectivity index (χ1) is 17.8. The molecule has 2 aliphatic rings. The Labute approximate surface area is 219 Å². The van der Waals surface area contributed by atoms with Crippen molar-refractivity contribution in [2.45, 2.75) is 32.4 Å². The zero-order valence-corrected chi connectivity index (χ0v) is 21.2. The predicted molar refractivity (Wildman–Crippen MR) is 142 cm³/mol. The minimum Gasteiger partial charge on any atom is -0.490 e. The van der Waals surface area contributed by atoms with Gasteiger partial charge in [-0.05, 0) is 67.4 Å². The molecule has 9 heteroatoms. The van der Waals surface area contributed by atoms with E-state index in [0.29, 0.717) is 34.1 Å². The van der Waals surface area contributed by atoms with Gasteiger partial charge in [-0.3, -0.25) is 14.5 Å². The van der Waals surface area contributed by atoms with Gasteiger partial charge in [0.25, 0.3) is 5.91 Å². The van der Waals surface area contributed by atoms with E-state index in [9.17, 15) is 19.5 Å². The number of anilines is 3. The maximum atomic E-state index is 13.9. The third kappa shape index (κ3) is 4.49. The molecule has 1 N–H and O–H groups in total. The fraction of sp³-hybridized carbons (Fsp3) is 0.250. The van der Waals surface area contributed by atoms with Crippen molar-refractivity contribution in [3.63, 3.8) is 0 Å². The first-order valence-corrected chi connectivity index (χ1v) is 12.4. The lowest BCUT2D eigenvalue weighted by atomic mass is 9.89. The van der Waals surface area contributed by atoms with Gasteiger partial charge in [0.1, 0.15) is 12.4 Å². The van der Waals surface area contributed by atoms with Crippen LogP contribution in [0.2, 0.25) is 5.02 Å². The van der Waals surface area contributed by atoms with Gasteiger partial charge in [0.15, 0.2) is 0 Å². The molecular formula is C28H26ClN3O5. The van der Waals surface area contributed by atoms with Gasteiger partial charge >= 0.3 is 6.09 Å². The van der Waals surface area contributed by atoms with Gasteiger partial charge < -0.3 is 19.6 Å². The Morgan fingerprint density at radius 3 is 2.46 bits per heavy atom. The summed E-state index contributed by atoms with van der Waals surface area (Å²) in [5.41, 5.74) is 3.00. The standard InChI is InChI=1S/C28H26ClN3O5/c1-17-15-24(32(18(2)33)21-10-8-20(29)9-11-21)22-5-3-4-6-23(22)31(17)27(34)19-7-12-26-25(16-19)30(28(35)36)13-14-37-26/h3-12,16-17,24H,13-15H2,1-2H3,(H,35,36). The minimum absolute atomic E-state index is 0.113. The Hall–Kier alpha value is -4.04. The highest BCUT2D eigenvalue weighted by molar-refractivity contribution is 6.30. The van der Waals surface area contributed by atoms with Crippen molar-refractivity contribution in [2.24, 2.45) is 0 Å². The molecule has 2 atom stereocenters. The molecule has 0 saturated carbocycles. The van der Waals surface area contributed by atoms with E-state index in [1.807, 2.05) is 43.3 Å². The Balaban J connectivity index is 1.54. The quantitative estimate of drug-likeness (QED) is 0.476. The molecule has 0 spiro atoms. The molecule has 2 aliphatic heterocycles. The average molecular weight is 520 g/mol. The summed E-state index contributed by atoms with van der Waals surface area (Å²) < 4.78 is 5.60. The van der Waals surface area contributed by atoms with Crippen LogP contribution >= 0.6 is 11.6 Å². The second-order valence-electron chi connectivity index (χ2n) is 9.17. The number of carboxylic acid groups (broad SMARTS) is 1. The molecule has 3 aromatic rings. The lowest BCUT2D eigenvalue weighted by Crippen LogP contribution is -2.47. The highest BCUT2D eigenvalue weighted by atomic mass is 35.5. The topological polar surface area (TPSA) is 90.4 Å². The zero-order chi connectivity index (χ0) is 26.3. The van der Waals surface area contributed by atoms with Crippen LogP contribution in [0.5, 0.6) is 5.75 Å². The molecule has 3 amide bonds. The summed E-state index contributed by atoms with van der Waals surface area (Å²) in [6, 6.07) is 19.0. The number of hydrogen-bond acceptors (Lipinski definition) is 4. The van der Waals surface area contributed by atoms with Crippen LogP contribution in [0.1, 0.15) is 42.2 Å². The molecule has 5 rings (SSSR count). The second kappa shape index (κ2) is 9.78. The van der Waals surface area contributed by atoms with Crippen LogP contribution in [-0.4, -0.2) is 42.2 Å². The lowest BCUT2D eigenvalue weighted by molar-refractivity contribution is -0.117. The molecule has 0 radical (unpaired) electrons. The average Bonchev–Trinajstić information content (AvgIpc) is 2.88. The molecule has 2 heterocycles. The van der Waals surface area contributed by atoms with Crippen molar-refractivity contribution >= 4 is 46.6 Å². The number of carbonyl (C=O) groups is 3. The van der Waals surface area contributed by atoms with Crippen molar-refractivity contribution in [3.8, 4) is 5.75 Å². The summed E-state index contributed by atoms with van der Waals surface area (Å²) >= 11 is 6.08. The van der Waals surface area contributed by atoms with Crippen LogP contribution in [0.3, 0.4) is 0 Å². The first-order valence-electron chi connectivity index (χ1n) is 12.0. The molecule has 190 valence electrons. The van der Waals surface area contributed by atoms with E-state index in [-0.39, 0.29) is 37.0 Å². The van der Waals surface area contributed by atoms with Crippen LogP contribution in [0.4, 0.5) is 21.9 Å². The molecule has 0 aliphatic carbocycles. The Bertz CT molecular complexity index is 1380. The predicted octanol–water partition coefficient (Wildman–Crippen LogP) is 5.75. The molecule has 0 saturated heterocycles. The molecule has 2 unspecified atom stereocenters. The molecule has 3 aromatic carbocycles. The van der Waals surface area contributed by atoms with Crippen molar-refractivity contribution < 1.29 is 24.2 Å². The van der Waals surface area contributed by atoms with Gasteiger partial charge in [0, 0.05) is 34.9 Å². The summed E-state index contributed by atoms with van der Waals surface area (Å²) in [6.45, 7) is 3.93. The molecule has 37 heavy (non-hydrogen) atoms. The van der Waals surface area contributed by atoms with Gasteiger partial charge in [-0.1, -0.05) is 29.8 Å². The van der Waals surface area contributed by atoms with Crippen molar-refractivity contribution in [3.05, 3.63) is 82.9 Å². The third-order valence-electron chi connectivity index (χ3n) is 6.84. The van der Waals surface area contributed by atoms with Crippen LogP contribution < -0.4 is 19.4 Å². The van der Waals surface area contributed by atoms with Crippen LogP contribution in [0, 0.1) is 0 Å². The summed E-state index contributed by atoms with van der Waals surface area (Å²) in [5.74, 6) is 0.0629. The van der Waals surface area contributed by atoms with E-state index in [2.05, 4.69) is 0 Å². The SMILES string of the molecule is CC(=O)N(c1ccc(Cl)cc1)C1CC(C)N(C(=O)c2ccc3c(c2)N(C(=O)O)CCO3)c2ccccc21. The van der Waals surface area contributed by atoms with Gasteiger partial charge in [-0.2, -0.15) is 0 Å². The van der Waals surface area contributed by atoms with E-state index < -0.39 is 6.09 Å². The number of benzene rings is 3. The minimum atomic E-state index is -1.10. The van der Waals surface area contributed by atoms with Gasteiger partial charge in [0.2, 0.25) is 5.91 Å². The number of para-hydroxylation sites is 1. The largest absolute Gasteiger partial charge is 0.490 e. The van der Waals surface area contributed by atoms with Gasteiger partial charge in [-0.25, -0.2) is 4.79 Å². The smallest absolute Gasteiger partial charge is 0.412 e. The number of rotatable bonds is 3. The normalized spacial score (nSPS) is 18.4. The maximum Gasteiger partial charge on any atom is 0.412 e. The highest BCUT2D eigenvalue weighted by Crippen LogP contribution is 2.43. The first kappa shape index (κ1) is 24.6. The molecule has 8 nitrogen and oxygen atoms in total. The number of amides is 3. The number of hydrogen-bond donors (Lipinski definition) is 1. The fourth-order valence-corrected chi connectivity index (χ4v) is 5.33. The summed E-state index contributed by atoms with van der Waals surface area (Å²) in [4.78, 5) is 43.1. The number of ether oxygens (including phenoxy) is 1. The van der Waals surface area contributed by atoms with Crippen LogP contribution in [0.25, 0.3) is 0 Å². The van der Waals surface area contributed by atoms with Crippen molar-refractivity contribution in [1.82, 2.24) is 0 Å². The monoisotopic (exact) mass is 519 g/mol. The van der Waals surface area contributed by atoms with Gasteiger partial charge in [0.05, 0.1) is 18.3 Å². The van der Waals surface area contributed by atoms with E-state index in [4.69, 9.17) is 16.3 Å². The number of nitrogens with zero attached hydrogens (tertiary/aromatic N) is 3. The molecule has 0 aromatic heterocycles. The highest BCUT2D eigenvalue weighted by Gasteiger charge is 2.38. The van der Waals surface area contributed by atoms with Crippen LogP contribution in [-0.2, 0) is 4.79 Å². The van der Waals surface area contributed by atoms with Crippen molar-refractivity contribution in [1.29, 1.82) is 0 Å². The Kier molecular flexibility index (Phi) is 6.52. The molecule has 0 fully saturated rings. The second-order valence-corrected chi connectivity index (χ2v) is 9.60. The zero-order valence-electron chi connectivity index (χ0n) is 20.4. The summed E-state index contributed by atoms with van der Waals surface area (Å²) in [5, 5.41) is 10.2. The third-order valence-corrected chi connectivity index (χ3v) is 7.09. The number of halogens is 1. The van der Waals surface area contributed by atoms with E-state index in [1.165, 1.54) is 11.8 Å². The lowest BCUT2D eigenvalue weighted by Gasteiger charge is -2.43. The fourth-order valence-electron chi connectivity index (χ4n) is 5.21. The molecule has 0 bridgehead atoms. The Morgan fingerprint density at radius 1 is 1.03 bits per heavy atom. The van der Waals surface area contributed by atoms with Crippen LogP contribution in [0.15, 0.2) is 66.7 Å².